The molecule has 1 aliphatic rings. The predicted octanol–water partition coefficient (Wildman–Crippen LogP) is 1.25. The Bertz CT molecular complexity index is 426. The number of urea groups is 1. The van der Waals surface area contributed by atoms with E-state index in [-0.39, 0.29) is 0 Å². The summed E-state index contributed by atoms with van der Waals surface area (Å²) in [7, 11) is 0. The molecule has 0 radical (unpaired) electrons. The van der Waals surface area contributed by atoms with Crippen molar-refractivity contribution in [2.75, 3.05) is 0 Å². The minimum absolute atomic E-state index is 0.328. The molecule has 4 heteroatoms. The van der Waals surface area contributed by atoms with E-state index < -0.39 is 6.03 Å². The molecule has 1 unspecified atom stereocenters. The van der Waals surface area contributed by atoms with E-state index in [0.717, 1.165) is 17.7 Å². The van der Waals surface area contributed by atoms with Gasteiger partial charge in [0.2, 0.25) is 0 Å². The molecule has 78 valence electrons. The predicted molar refractivity (Wildman–Crippen MR) is 58.6 cm³/mol. The van der Waals surface area contributed by atoms with E-state index in [1.54, 1.807) is 0 Å². The van der Waals surface area contributed by atoms with Gasteiger partial charge in [-0.05, 0) is 12.0 Å². The third kappa shape index (κ3) is 1.83. The Morgan fingerprint density at radius 1 is 1.53 bits per heavy atom. The molecule has 0 spiro atoms. The molecule has 1 atom stereocenters. The van der Waals surface area contributed by atoms with E-state index >= 15 is 0 Å². The number of nitrogens with zero attached hydrogens (tertiary/aromatic N) is 1. The number of primary amides is 1. The Kier molecular flexibility index (Phi) is 2.41. The number of hydrazone groups is 1. The molecule has 2 amide bonds. The molecule has 4 nitrogen and oxygen atoms in total. The number of benzene rings is 1. The normalized spacial score (nSPS) is 21.4. The molecular formula is C11H13N3O. The molecule has 0 heterocycles. The molecule has 1 aliphatic carbocycles. The quantitative estimate of drug-likeness (QED) is 0.663. The molecular weight excluding hydrogens is 190 g/mol. The van der Waals surface area contributed by atoms with Crippen molar-refractivity contribution in [3.63, 3.8) is 0 Å². The largest absolute Gasteiger partial charge is 0.350 e. The smallest absolute Gasteiger partial charge is 0.332 e. The van der Waals surface area contributed by atoms with Gasteiger partial charge in [0.1, 0.15) is 0 Å². The first-order chi connectivity index (χ1) is 7.18. The van der Waals surface area contributed by atoms with Crippen LogP contribution in [0.5, 0.6) is 0 Å². The van der Waals surface area contributed by atoms with Crippen molar-refractivity contribution in [2.45, 2.75) is 13.3 Å². The second-order valence-electron chi connectivity index (χ2n) is 3.74. The van der Waals surface area contributed by atoms with Gasteiger partial charge in [-0.2, -0.15) is 5.10 Å². The van der Waals surface area contributed by atoms with Crippen LogP contribution in [0.25, 0.3) is 0 Å². The van der Waals surface area contributed by atoms with Crippen LogP contribution in [0.2, 0.25) is 0 Å². The Labute approximate surface area is 88.2 Å². The minimum Gasteiger partial charge on any atom is -0.350 e. The highest BCUT2D eigenvalue weighted by atomic mass is 16.2. The highest BCUT2D eigenvalue weighted by Crippen LogP contribution is 2.26. The zero-order chi connectivity index (χ0) is 10.8. The lowest BCUT2D eigenvalue weighted by Gasteiger charge is -2.03. The van der Waals surface area contributed by atoms with Crippen LogP contribution in [0.1, 0.15) is 18.1 Å². The Morgan fingerprint density at radius 3 is 3.00 bits per heavy atom. The van der Waals surface area contributed by atoms with E-state index in [0.29, 0.717) is 5.92 Å². The van der Waals surface area contributed by atoms with Crippen molar-refractivity contribution < 1.29 is 4.79 Å². The monoisotopic (exact) mass is 203 g/mol. The topological polar surface area (TPSA) is 67.5 Å². The van der Waals surface area contributed by atoms with Crippen molar-refractivity contribution in [3.05, 3.63) is 35.4 Å². The van der Waals surface area contributed by atoms with Gasteiger partial charge < -0.3 is 5.73 Å². The van der Waals surface area contributed by atoms with E-state index in [1.807, 2.05) is 18.2 Å². The van der Waals surface area contributed by atoms with Crippen molar-refractivity contribution in [2.24, 2.45) is 16.8 Å². The number of nitrogens with one attached hydrogen (secondary N) is 1. The summed E-state index contributed by atoms with van der Waals surface area (Å²) >= 11 is 0. The second kappa shape index (κ2) is 3.73. The maximum absolute atomic E-state index is 10.6. The zero-order valence-corrected chi connectivity index (χ0v) is 8.53. The average Bonchev–Trinajstić information content (AvgIpc) is 2.50. The Hall–Kier alpha value is -1.84. The Morgan fingerprint density at radius 2 is 2.27 bits per heavy atom. The first-order valence-corrected chi connectivity index (χ1v) is 4.90. The van der Waals surface area contributed by atoms with E-state index in [4.69, 9.17) is 5.73 Å². The summed E-state index contributed by atoms with van der Waals surface area (Å²) in [4.78, 5) is 10.6. The zero-order valence-electron chi connectivity index (χ0n) is 8.53. The molecule has 15 heavy (non-hydrogen) atoms. The molecule has 0 aromatic heterocycles. The molecule has 0 aliphatic heterocycles. The number of fused-ring (bicyclic) bond motifs is 1. The fraction of sp³-hybridized carbons (Fsp3) is 0.273. The molecule has 3 N–H and O–H groups in total. The summed E-state index contributed by atoms with van der Waals surface area (Å²) < 4.78 is 0. The molecule has 1 aromatic rings. The molecule has 0 saturated carbocycles. The standard InChI is InChI=1S/C11H13N3O/c1-7-6-8-4-2-3-5-9(8)10(7)13-14-11(12)15/h2-5,7H,6H2,1H3,(H3,12,14,15). The number of hydrogen-bond acceptors (Lipinski definition) is 2. The van der Waals surface area contributed by atoms with Crippen LogP contribution < -0.4 is 11.2 Å². The summed E-state index contributed by atoms with van der Waals surface area (Å²) in [6, 6.07) is 7.45. The Balaban J connectivity index is 2.33. The van der Waals surface area contributed by atoms with Crippen LogP contribution in [-0.4, -0.2) is 11.7 Å². The van der Waals surface area contributed by atoms with Crippen LogP contribution in [-0.2, 0) is 6.42 Å². The lowest BCUT2D eigenvalue weighted by molar-refractivity contribution is 0.249. The minimum atomic E-state index is -0.626. The molecule has 0 saturated heterocycles. The van der Waals surface area contributed by atoms with Crippen molar-refractivity contribution in [3.8, 4) is 0 Å². The SMILES string of the molecule is CC1Cc2ccccc2C1=NNC(N)=O. The summed E-state index contributed by atoms with van der Waals surface area (Å²) in [6.07, 6.45) is 0.968. The van der Waals surface area contributed by atoms with Gasteiger partial charge in [0, 0.05) is 11.5 Å². The lowest BCUT2D eigenvalue weighted by Crippen LogP contribution is -2.26. The fourth-order valence-corrected chi connectivity index (χ4v) is 1.93. The van der Waals surface area contributed by atoms with Gasteiger partial charge in [-0.1, -0.05) is 31.2 Å². The fourth-order valence-electron chi connectivity index (χ4n) is 1.93. The van der Waals surface area contributed by atoms with Crippen LogP contribution in [0, 0.1) is 5.92 Å². The molecule has 1 aromatic carbocycles. The van der Waals surface area contributed by atoms with Gasteiger partial charge in [-0.25, -0.2) is 10.2 Å². The molecule has 0 fully saturated rings. The second-order valence-corrected chi connectivity index (χ2v) is 3.74. The first kappa shape index (κ1) is 9.71. The van der Waals surface area contributed by atoms with Gasteiger partial charge in [0.15, 0.2) is 0 Å². The number of nitrogens with two attached hydrogens (primary N) is 1. The number of carbonyl (C=O) groups excluding carboxylic acids is 1. The van der Waals surface area contributed by atoms with Crippen molar-refractivity contribution in [1.29, 1.82) is 0 Å². The van der Waals surface area contributed by atoms with E-state index in [9.17, 15) is 4.79 Å². The number of amides is 2. The highest BCUT2D eigenvalue weighted by molar-refractivity contribution is 6.06. The summed E-state index contributed by atoms with van der Waals surface area (Å²) in [6.45, 7) is 2.08. The summed E-state index contributed by atoms with van der Waals surface area (Å²) in [5.41, 5.74) is 10.6. The lowest BCUT2D eigenvalue weighted by atomic mass is 10.1. The first-order valence-electron chi connectivity index (χ1n) is 4.90. The van der Waals surface area contributed by atoms with E-state index in [2.05, 4.69) is 23.5 Å². The third-order valence-corrected chi connectivity index (χ3v) is 2.57. The van der Waals surface area contributed by atoms with Gasteiger partial charge >= 0.3 is 6.03 Å². The summed E-state index contributed by atoms with van der Waals surface area (Å²) in [5, 5.41) is 4.04. The van der Waals surface area contributed by atoms with Gasteiger partial charge in [-0.15, -0.1) is 0 Å². The van der Waals surface area contributed by atoms with Crippen LogP contribution in [0.15, 0.2) is 29.4 Å². The van der Waals surface area contributed by atoms with Crippen LogP contribution in [0.3, 0.4) is 0 Å². The van der Waals surface area contributed by atoms with E-state index in [1.165, 1.54) is 5.56 Å². The molecule has 2 rings (SSSR count). The van der Waals surface area contributed by atoms with Gasteiger partial charge in [-0.3, -0.25) is 0 Å². The average molecular weight is 203 g/mol. The van der Waals surface area contributed by atoms with Gasteiger partial charge in [0.05, 0.1) is 5.71 Å². The molecule has 0 bridgehead atoms. The third-order valence-electron chi connectivity index (χ3n) is 2.57. The highest BCUT2D eigenvalue weighted by Gasteiger charge is 2.24. The number of hydrogen-bond donors (Lipinski definition) is 2. The van der Waals surface area contributed by atoms with Gasteiger partial charge in [0.25, 0.3) is 0 Å². The van der Waals surface area contributed by atoms with Crippen LogP contribution in [0.4, 0.5) is 4.79 Å². The maximum atomic E-state index is 10.6. The maximum Gasteiger partial charge on any atom is 0.332 e. The van der Waals surface area contributed by atoms with Crippen molar-refractivity contribution in [1.82, 2.24) is 5.43 Å². The van der Waals surface area contributed by atoms with Crippen LogP contribution >= 0.6 is 0 Å². The number of carbonyl (C=O) groups is 1. The van der Waals surface area contributed by atoms with Crippen molar-refractivity contribution >= 4 is 11.7 Å². The summed E-state index contributed by atoms with van der Waals surface area (Å²) in [5.74, 6) is 0.328. The number of rotatable bonds is 1.